The van der Waals surface area contributed by atoms with E-state index in [-0.39, 0.29) is 66.6 Å². The fourth-order valence-corrected chi connectivity index (χ4v) is 4.24. The average molecular weight is 807 g/mol. The van der Waals surface area contributed by atoms with Crippen molar-refractivity contribution in [2.24, 2.45) is 0 Å². The van der Waals surface area contributed by atoms with Gasteiger partial charge in [0.2, 0.25) is 0 Å². The topological polar surface area (TPSA) is 25.8 Å². The molecule has 5 radical (unpaired) electrons. The SMILES string of the molecule is CC(C)(C)c1ccnc(-c2[c-]cccc2)c1.[B].[Ir].[Y].[c-]1ccc(-c2[c-]c(-c3ccccc3)ccc2)[c-]c1-c1ccccn1. The Hall–Kier alpha value is -3.00. The zero-order valence-corrected chi connectivity index (χ0v) is 29.7. The zero-order chi connectivity index (χ0) is 27.8. The number of pyridine rings is 2. The Morgan fingerprint density at radius 2 is 1.23 bits per heavy atom. The second-order valence-electron chi connectivity index (χ2n) is 10.4. The average Bonchev–Trinajstić information content (AvgIpc) is 3.02. The number of hydrogen-bond donors (Lipinski definition) is 0. The van der Waals surface area contributed by atoms with Gasteiger partial charge in [0.05, 0.1) is 0 Å². The van der Waals surface area contributed by atoms with Crippen molar-refractivity contribution in [2.45, 2.75) is 26.2 Å². The second-order valence-corrected chi connectivity index (χ2v) is 10.4. The molecule has 0 amide bonds. The summed E-state index contributed by atoms with van der Waals surface area (Å²) in [5.74, 6) is 0. The summed E-state index contributed by atoms with van der Waals surface area (Å²) in [7, 11) is 0. The third-order valence-electron chi connectivity index (χ3n) is 6.44. The Morgan fingerprint density at radius 1 is 0.558 bits per heavy atom. The van der Waals surface area contributed by atoms with Crippen molar-refractivity contribution in [3.8, 4) is 44.8 Å². The number of nitrogens with zero attached hydrogens (tertiary/aromatic N) is 2. The Bertz CT molecular complexity index is 1590. The maximum atomic E-state index is 4.39. The summed E-state index contributed by atoms with van der Waals surface area (Å²) in [6.45, 7) is 6.63. The normalized spacial score (nSPS) is 10.1. The first kappa shape index (κ1) is 36.2. The molecule has 0 saturated carbocycles. The molecule has 43 heavy (non-hydrogen) atoms. The molecule has 6 rings (SSSR count). The fraction of sp³-hybridized carbons (Fsp3) is 0.105. The standard InChI is InChI=1S/C23H14N.C15H16N.B.Ir.Y/c1-2-8-18(9-3-1)19-10-6-11-20(16-19)21-12-7-13-22(17-21)23-14-4-5-15-24-23;1-15(2,3)13-9-10-16-14(11-13)12-7-5-4-6-8-12;;;/h1-12,14-15H;4-7,9-11H,1-3H3;;;/q-3;-1;;;. The van der Waals surface area contributed by atoms with Gasteiger partial charge in [0.1, 0.15) is 0 Å². The third-order valence-corrected chi connectivity index (χ3v) is 6.44. The van der Waals surface area contributed by atoms with Gasteiger partial charge < -0.3 is 16.0 Å². The summed E-state index contributed by atoms with van der Waals surface area (Å²) >= 11 is 0. The van der Waals surface area contributed by atoms with Crippen LogP contribution >= 0.6 is 0 Å². The fourth-order valence-electron chi connectivity index (χ4n) is 4.24. The molecule has 0 bridgehead atoms. The van der Waals surface area contributed by atoms with Gasteiger partial charge in [-0.25, -0.2) is 6.07 Å². The summed E-state index contributed by atoms with van der Waals surface area (Å²) in [6, 6.07) is 51.7. The van der Waals surface area contributed by atoms with Crippen LogP contribution in [0.15, 0.2) is 128 Å². The van der Waals surface area contributed by atoms with E-state index in [0.717, 1.165) is 44.8 Å². The Labute approximate surface area is 297 Å². The van der Waals surface area contributed by atoms with Crippen LogP contribution < -0.4 is 0 Å². The maximum Gasteiger partial charge on any atom is 0.0163 e. The van der Waals surface area contributed by atoms with E-state index in [2.05, 4.69) is 97.5 Å². The van der Waals surface area contributed by atoms with Gasteiger partial charge in [0.25, 0.3) is 0 Å². The van der Waals surface area contributed by atoms with E-state index in [1.165, 1.54) is 5.56 Å². The van der Waals surface area contributed by atoms with Crippen LogP contribution in [-0.4, -0.2) is 18.4 Å². The summed E-state index contributed by atoms with van der Waals surface area (Å²) in [6.07, 6.45) is 3.66. The van der Waals surface area contributed by atoms with Crippen molar-refractivity contribution in [3.05, 3.63) is 157 Å². The molecule has 2 nitrogen and oxygen atoms in total. The second kappa shape index (κ2) is 17.3. The van der Waals surface area contributed by atoms with Gasteiger partial charge in [-0.3, -0.25) is 23.3 Å². The van der Waals surface area contributed by atoms with Crippen LogP contribution in [0, 0.1) is 24.3 Å². The molecule has 4 aromatic carbocycles. The summed E-state index contributed by atoms with van der Waals surface area (Å²) in [5, 5.41) is 0. The number of benzene rings is 4. The van der Waals surface area contributed by atoms with Gasteiger partial charge in [-0.15, -0.1) is 71.8 Å². The molecule has 0 saturated heterocycles. The first-order valence-electron chi connectivity index (χ1n) is 13.3. The van der Waals surface area contributed by atoms with Gasteiger partial charge in [-0.05, 0) is 28.8 Å². The van der Waals surface area contributed by atoms with E-state index in [1.807, 2.05) is 79.0 Å². The Morgan fingerprint density at radius 3 is 1.93 bits per heavy atom. The largest absolute Gasteiger partial charge is 0.352 e. The predicted octanol–water partition coefficient (Wildman–Crippen LogP) is 8.94. The van der Waals surface area contributed by atoms with Crippen LogP contribution in [0.5, 0.6) is 0 Å². The molecule has 211 valence electrons. The number of aromatic nitrogens is 2. The van der Waals surface area contributed by atoms with Gasteiger partial charge in [0, 0.05) is 73.6 Å². The molecule has 0 fully saturated rings. The van der Waals surface area contributed by atoms with E-state index < -0.39 is 0 Å². The maximum absolute atomic E-state index is 4.39. The van der Waals surface area contributed by atoms with Crippen molar-refractivity contribution >= 4 is 8.41 Å². The van der Waals surface area contributed by atoms with E-state index >= 15 is 0 Å². The summed E-state index contributed by atoms with van der Waals surface area (Å²) in [5.41, 5.74) is 9.49. The van der Waals surface area contributed by atoms with E-state index in [9.17, 15) is 0 Å². The van der Waals surface area contributed by atoms with Gasteiger partial charge in [-0.2, -0.15) is 5.56 Å². The molecule has 0 unspecified atom stereocenters. The van der Waals surface area contributed by atoms with Crippen LogP contribution in [0.3, 0.4) is 0 Å². The van der Waals surface area contributed by atoms with Crippen molar-refractivity contribution in [1.82, 2.24) is 9.97 Å². The van der Waals surface area contributed by atoms with Crippen molar-refractivity contribution in [2.75, 3.05) is 0 Å². The van der Waals surface area contributed by atoms with Crippen LogP contribution in [0.2, 0.25) is 0 Å². The summed E-state index contributed by atoms with van der Waals surface area (Å²) in [4.78, 5) is 8.77. The molecule has 0 N–H and O–H groups in total. The molecule has 0 spiro atoms. The zero-order valence-electron chi connectivity index (χ0n) is 24.5. The van der Waals surface area contributed by atoms with Gasteiger partial charge in [-0.1, -0.05) is 74.5 Å². The van der Waals surface area contributed by atoms with Crippen LogP contribution in [0.4, 0.5) is 0 Å². The Balaban J connectivity index is 0.000000301. The minimum Gasteiger partial charge on any atom is -0.352 e. The molecular weight excluding hydrogens is 776 g/mol. The smallest absolute Gasteiger partial charge is 0.0163 e. The molecule has 0 aliphatic rings. The van der Waals surface area contributed by atoms with Crippen LogP contribution in [-0.2, 0) is 58.2 Å². The van der Waals surface area contributed by atoms with Crippen molar-refractivity contribution in [3.63, 3.8) is 0 Å². The molecule has 6 aromatic rings. The quantitative estimate of drug-likeness (QED) is 0.132. The molecule has 0 atom stereocenters. The van der Waals surface area contributed by atoms with Crippen LogP contribution in [0.1, 0.15) is 26.3 Å². The third kappa shape index (κ3) is 10.0. The molecule has 2 aromatic heterocycles. The summed E-state index contributed by atoms with van der Waals surface area (Å²) < 4.78 is 0. The van der Waals surface area contributed by atoms with Crippen molar-refractivity contribution < 1.29 is 52.8 Å². The van der Waals surface area contributed by atoms with Crippen LogP contribution in [0.25, 0.3) is 44.8 Å². The molecule has 5 heteroatoms. The monoisotopic (exact) mass is 807 g/mol. The minimum atomic E-state index is 0. The van der Waals surface area contributed by atoms with E-state index in [0.29, 0.717) is 0 Å². The first-order valence-corrected chi connectivity index (χ1v) is 13.3. The van der Waals surface area contributed by atoms with Gasteiger partial charge in [0.15, 0.2) is 0 Å². The molecule has 0 aliphatic carbocycles. The Kier molecular flexibility index (Phi) is 14.6. The molecular formula is C38H30BIrN2Y-4. The number of rotatable bonds is 4. The number of hydrogen-bond acceptors (Lipinski definition) is 2. The first-order chi connectivity index (χ1) is 19.5. The minimum absolute atomic E-state index is 0. The van der Waals surface area contributed by atoms with Crippen molar-refractivity contribution in [1.29, 1.82) is 0 Å². The van der Waals surface area contributed by atoms with E-state index in [1.54, 1.807) is 6.20 Å². The van der Waals surface area contributed by atoms with Gasteiger partial charge >= 0.3 is 0 Å². The predicted molar refractivity (Wildman–Crippen MR) is 170 cm³/mol. The molecule has 2 heterocycles. The van der Waals surface area contributed by atoms with E-state index in [4.69, 9.17) is 0 Å². The molecule has 0 aliphatic heterocycles.